The first-order valence-electron chi connectivity index (χ1n) is 10.5. The average molecular weight is 399 g/mol. The predicted molar refractivity (Wildman–Crippen MR) is 107 cm³/mol. The Bertz CT molecular complexity index is 816. The molecule has 8 nitrogen and oxygen atoms in total. The number of aromatic nitrogens is 4. The quantitative estimate of drug-likeness (QED) is 0.718. The zero-order chi connectivity index (χ0) is 20.1. The Balaban J connectivity index is 1.44. The van der Waals surface area contributed by atoms with Gasteiger partial charge in [-0.05, 0) is 51.4 Å². The zero-order valence-corrected chi connectivity index (χ0v) is 17.0. The van der Waals surface area contributed by atoms with Crippen molar-refractivity contribution in [2.24, 2.45) is 0 Å². The topological polar surface area (TPSA) is 91.2 Å². The summed E-state index contributed by atoms with van der Waals surface area (Å²) >= 11 is 0. The molecule has 1 amide bonds. The van der Waals surface area contributed by atoms with Crippen LogP contribution in [0.5, 0.6) is 0 Å². The van der Waals surface area contributed by atoms with E-state index in [-0.39, 0.29) is 18.1 Å². The summed E-state index contributed by atoms with van der Waals surface area (Å²) in [7, 11) is 1.68. The first kappa shape index (κ1) is 20.0. The molecule has 0 spiro atoms. The summed E-state index contributed by atoms with van der Waals surface area (Å²) in [6.07, 6.45) is 13.1. The van der Waals surface area contributed by atoms with Gasteiger partial charge in [0.1, 0.15) is 12.0 Å². The van der Waals surface area contributed by atoms with Crippen LogP contribution in [0.15, 0.2) is 18.7 Å². The molecular weight excluding hydrogens is 370 g/mol. The second kappa shape index (κ2) is 9.45. The SMILES string of the molecule is COCCOC1CCC(NC(=O)c2nc(-n3ccnc3)nc3c2CCCC3)CC1. The van der Waals surface area contributed by atoms with E-state index in [9.17, 15) is 4.79 Å². The average Bonchev–Trinajstić information content (AvgIpc) is 3.29. The largest absolute Gasteiger partial charge is 0.382 e. The van der Waals surface area contributed by atoms with Gasteiger partial charge in [0.2, 0.25) is 5.95 Å². The van der Waals surface area contributed by atoms with Crippen molar-refractivity contribution in [2.75, 3.05) is 20.3 Å². The van der Waals surface area contributed by atoms with E-state index >= 15 is 0 Å². The molecule has 0 unspecified atom stereocenters. The van der Waals surface area contributed by atoms with Gasteiger partial charge in [-0.15, -0.1) is 0 Å². The van der Waals surface area contributed by atoms with E-state index in [2.05, 4.69) is 15.3 Å². The number of aryl methyl sites for hydroxylation is 1. The predicted octanol–water partition coefficient (Wildman–Crippen LogP) is 2.25. The molecule has 1 N–H and O–H groups in total. The second-order valence-electron chi connectivity index (χ2n) is 7.79. The van der Waals surface area contributed by atoms with Crippen LogP contribution in [0, 0.1) is 0 Å². The molecule has 29 heavy (non-hydrogen) atoms. The molecular formula is C21H29N5O3. The Kier molecular flexibility index (Phi) is 6.51. The van der Waals surface area contributed by atoms with Crippen LogP contribution in [0.1, 0.15) is 60.3 Å². The molecule has 156 valence electrons. The number of amides is 1. The molecule has 8 heteroatoms. The van der Waals surface area contributed by atoms with Crippen LogP contribution in [0.4, 0.5) is 0 Å². The maximum Gasteiger partial charge on any atom is 0.270 e. The maximum atomic E-state index is 13.1. The summed E-state index contributed by atoms with van der Waals surface area (Å²) in [6.45, 7) is 1.25. The van der Waals surface area contributed by atoms with Gasteiger partial charge in [-0.2, -0.15) is 0 Å². The molecule has 0 aliphatic heterocycles. The number of nitrogens with zero attached hydrogens (tertiary/aromatic N) is 4. The summed E-state index contributed by atoms with van der Waals surface area (Å²) < 4.78 is 12.6. The number of carbonyl (C=O) groups excluding carboxylic acids is 1. The third-order valence-corrected chi connectivity index (χ3v) is 5.77. The molecule has 2 aliphatic carbocycles. The van der Waals surface area contributed by atoms with Gasteiger partial charge in [0.05, 0.1) is 19.3 Å². The molecule has 1 fully saturated rings. The van der Waals surface area contributed by atoms with Gasteiger partial charge in [0.25, 0.3) is 5.91 Å². The van der Waals surface area contributed by atoms with E-state index in [0.717, 1.165) is 62.6 Å². The van der Waals surface area contributed by atoms with Crippen LogP contribution < -0.4 is 5.32 Å². The molecule has 4 rings (SSSR count). The summed E-state index contributed by atoms with van der Waals surface area (Å²) in [6, 6.07) is 0.163. The second-order valence-corrected chi connectivity index (χ2v) is 7.79. The fourth-order valence-electron chi connectivity index (χ4n) is 4.19. The Morgan fingerprint density at radius 2 is 2.00 bits per heavy atom. The van der Waals surface area contributed by atoms with Gasteiger partial charge in [0, 0.05) is 36.8 Å². The van der Waals surface area contributed by atoms with Crippen LogP contribution in [-0.4, -0.2) is 57.9 Å². The fraction of sp³-hybridized carbons (Fsp3) is 0.619. The minimum Gasteiger partial charge on any atom is -0.382 e. The third kappa shape index (κ3) is 4.82. The van der Waals surface area contributed by atoms with Crippen molar-refractivity contribution in [1.29, 1.82) is 0 Å². The number of carbonyl (C=O) groups is 1. The molecule has 0 atom stereocenters. The van der Waals surface area contributed by atoms with Crippen molar-refractivity contribution >= 4 is 5.91 Å². The Labute approximate surface area is 171 Å². The normalized spacial score (nSPS) is 21.6. The molecule has 1 saturated carbocycles. The lowest BCUT2D eigenvalue weighted by Gasteiger charge is -2.29. The Hall–Kier alpha value is -2.32. The van der Waals surface area contributed by atoms with Crippen molar-refractivity contribution in [3.8, 4) is 5.95 Å². The first-order chi connectivity index (χ1) is 14.2. The molecule has 0 aromatic carbocycles. The van der Waals surface area contributed by atoms with Gasteiger partial charge < -0.3 is 14.8 Å². The third-order valence-electron chi connectivity index (χ3n) is 5.77. The van der Waals surface area contributed by atoms with E-state index in [1.54, 1.807) is 30.4 Å². The van der Waals surface area contributed by atoms with E-state index in [4.69, 9.17) is 14.5 Å². The molecule has 2 aromatic rings. The van der Waals surface area contributed by atoms with Crippen LogP contribution in [0.2, 0.25) is 0 Å². The van der Waals surface area contributed by atoms with Gasteiger partial charge >= 0.3 is 0 Å². The first-order valence-corrected chi connectivity index (χ1v) is 10.5. The Morgan fingerprint density at radius 3 is 2.76 bits per heavy atom. The van der Waals surface area contributed by atoms with E-state index in [1.807, 2.05) is 0 Å². The minimum absolute atomic E-state index is 0.0873. The molecule has 0 bridgehead atoms. The molecule has 2 aliphatic rings. The van der Waals surface area contributed by atoms with Crippen LogP contribution >= 0.6 is 0 Å². The number of hydrogen-bond acceptors (Lipinski definition) is 6. The fourth-order valence-corrected chi connectivity index (χ4v) is 4.19. The van der Waals surface area contributed by atoms with Crippen LogP contribution in [-0.2, 0) is 22.3 Å². The lowest BCUT2D eigenvalue weighted by atomic mass is 9.92. The van der Waals surface area contributed by atoms with Crippen LogP contribution in [0.3, 0.4) is 0 Å². The highest BCUT2D eigenvalue weighted by Crippen LogP contribution is 2.25. The van der Waals surface area contributed by atoms with Crippen molar-refractivity contribution in [2.45, 2.75) is 63.5 Å². The Morgan fingerprint density at radius 1 is 1.17 bits per heavy atom. The lowest BCUT2D eigenvalue weighted by Crippen LogP contribution is -2.40. The lowest BCUT2D eigenvalue weighted by molar-refractivity contribution is -0.00409. The summed E-state index contributed by atoms with van der Waals surface area (Å²) in [5.41, 5.74) is 2.53. The standard InChI is InChI=1S/C21H29N5O3/c1-28-12-13-29-16-8-6-15(7-9-16)23-20(27)19-17-4-2-3-5-18(17)24-21(25-19)26-11-10-22-14-26/h10-11,14-16H,2-9,12-13H2,1H3,(H,23,27). The van der Waals surface area contributed by atoms with Crippen molar-refractivity contribution in [3.05, 3.63) is 35.7 Å². The number of hydrogen-bond donors (Lipinski definition) is 1. The van der Waals surface area contributed by atoms with Crippen molar-refractivity contribution in [1.82, 2.24) is 24.8 Å². The van der Waals surface area contributed by atoms with Crippen molar-refractivity contribution < 1.29 is 14.3 Å². The smallest absolute Gasteiger partial charge is 0.270 e. The molecule has 2 heterocycles. The number of methoxy groups -OCH3 is 1. The van der Waals surface area contributed by atoms with Gasteiger partial charge in [0.15, 0.2) is 0 Å². The molecule has 2 aromatic heterocycles. The number of imidazole rings is 1. The number of rotatable bonds is 7. The van der Waals surface area contributed by atoms with Gasteiger partial charge in [-0.25, -0.2) is 15.0 Å². The summed E-state index contributed by atoms with van der Waals surface area (Å²) in [4.78, 5) is 26.5. The van der Waals surface area contributed by atoms with E-state index in [0.29, 0.717) is 24.9 Å². The summed E-state index contributed by atoms with van der Waals surface area (Å²) in [5.74, 6) is 0.430. The van der Waals surface area contributed by atoms with E-state index < -0.39 is 0 Å². The highest BCUT2D eigenvalue weighted by atomic mass is 16.5. The molecule has 0 radical (unpaired) electrons. The van der Waals surface area contributed by atoms with Gasteiger partial charge in [-0.3, -0.25) is 9.36 Å². The van der Waals surface area contributed by atoms with Gasteiger partial charge in [-0.1, -0.05) is 0 Å². The minimum atomic E-state index is -0.0873. The van der Waals surface area contributed by atoms with Crippen LogP contribution in [0.25, 0.3) is 5.95 Å². The van der Waals surface area contributed by atoms with Crippen molar-refractivity contribution in [3.63, 3.8) is 0 Å². The highest BCUT2D eigenvalue weighted by molar-refractivity contribution is 5.94. The number of nitrogens with one attached hydrogen (secondary N) is 1. The number of fused-ring (bicyclic) bond motifs is 1. The van der Waals surface area contributed by atoms with E-state index in [1.165, 1.54) is 0 Å². The molecule has 0 saturated heterocycles. The summed E-state index contributed by atoms with van der Waals surface area (Å²) in [5, 5.41) is 3.21. The monoisotopic (exact) mass is 399 g/mol. The number of ether oxygens (including phenoxy) is 2. The zero-order valence-electron chi connectivity index (χ0n) is 17.0. The highest BCUT2D eigenvalue weighted by Gasteiger charge is 2.27. The maximum absolute atomic E-state index is 13.1.